The summed E-state index contributed by atoms with van der Waals surface area (Å²) >= 11 is 0. The summed E-state index contributed by atoms with van der Waals surface area (Å²) in [6.45, 7) is 10.9. The first-order valence-corrected chi connectivity index (χ1v) is 8.22. The van der Waals surface area contributed by atoms with Crippen LogP contribution < -0.4 is 5.32 Å². The summed E-state index contributed by atoms with van der Waals surface area (Å²) in [5, 5.41) is 12.4. The third-order valence-electron chi connectivity index (χ3n) is 4.77. The minimum Gasteiger partial charge on any atom is -0.395 e. The molecular formula is C17H28N4O2. The van der Waals surface area contributed by atoms with Crippen LogP contribution in [0.4, 0.5) is 5.82 Å². The van der Waals surface area contributed by atoms with Crippen molar-refractivity contribution in [2.75, 3.05) is 18.5 Å². The maximum Gasteiger partial charge on any atom is 0.245 e. The van der Waals surface area contributed by atoms with E-state index in [1.165, 1.54) is 0 Å². The lowest BCUT2D eigenvalue weighted by atomic mass is 9.91. The van der Waals surface area contributed by atoms with Gasteiger partial charge in [-0.3, -0.25) is 14.7 Å². The van der Waals surface area contributed by atoms with Gasteiger partial charge in [0.25, 0.3) is 0 Å². The van der Waals surface area contributed by atoms with Gasteiger partial charge in [0.2, 0.25) is 5.91 Å². The van der Waals surface area contributed by atoms with Crippen LogP contribution in [0.3, 0.4) is 0 Å². The number of hydrogen-bond acceptors (Lipinski definition) is 5. The molecule has 0 aromatic carbocycles. The molecule has 1 amide bonds. The van der Waals surface area contributed by atoms with Crippen molar-refractivity contribution >= 4 is 11.7 Å². The third kappa shape index (κ3) is 3.53. The van der Waals surface area contributed by atoms with Crippen LogP contribution in [0.1, 0.15) is 53.2 Å². The third-order valence-corrected chi connectivity index (χ3v) is 4.77. The molecule has 0 spiro atoms. The summed E-state index contributed by atoms with van der Waals surface area (Å²) in [4.78, 5) is 23.7. The van der Waals surface area contributed by atoms with Crippen molar-refractivity contribution in [3.05, 3.63) is 18.1 Å². The van der Waals surface area contributed by atoms with Gasteiger partial charge >= 0.3 is 0 Å². The molecule has 0 aliphatic carbocycles. The Morgan fingerprint density at radius 3 is 2.78 bits per heavy atom. The lowest BCUT2D eigenvalue weighted by Crippen LogP contribution is -2.53. The van der Waals surface area contributed by atoms with Crippen molar-refractivity contribution in [2.45, 2.75) is 64.5 Å². The molecule has 1 aliphatic rings. The Morgan fingerprint density at radius 2 is 2.17 bits per heavy atom. The van der Waals surface area contributed by atoms with Gasteiger partial charge in [-0.1, -0.05) is 13.8 Å². The number of hydrogen-bond donors (Lipinski definition) is 2. The number of carbonyl (C=O) groups excluding carboxylic acids is 1. The summed E-state index contributed by atoms with van der Waals surface area (Å²) in [6, 6.07) is 0.319. The van der Waals surface area contributed by atoms with Crippen LogP contribution in [-0.2, 0) is 10.2 Å². The average molecular weight is 320 g/mol. The minimum atomic E-state index is -0.516. The molecule has 128 valence electrons. The molecule has 6 nitrogen and oxygen atoms in total. The summed E-state index contributed by atoms with van der Waals surface area (Å²) in [7, 11) is 0. The van der Waals surface area contributed by atoms with Crippen LogP contribution >= 0.6 is 0 Å². The summed E-state index contributed by atoms with van der Waals surface area (Å²) in [6.07, 6.45) is 5.04. The first-order chi connectivity index (χ1) is 10.7. The molecule has 1 fully saturated rings. The van der Waals surface area contributed by atoms with Crippen LogP contribution in [-0.4, -0.2) is 50.6 Å². The highest BCUT2D eigenvalue weighted by Gasteiger charge is 2.44. The van der Waals surface area contributed by atoms with E-state index in [-0.39, 0.29) is 12.5 Å². The Labute approximate surface area is 138 Å². The van der Waals surface area contributed by atoms with E-state index in [1.54, 1.807) is 12.4 Å². The van der Waals surface area contributed by atoms with Crippen molar-refractivity contribution in [3.63, 3.8) is 0 Å². The van der Waals surface area contributed by atoms with E-state index in [2.05, 4.69) is 34.0 Å². The highest BCUT2D eigenvalue weighted by Crippen LogP contribution is 2.32. The fourth-order valence-corrected chi connectivity index (χ4v) is 3.14. The second kappa shape index (κ2) is 6.53. The van der Waals surface area contributed by atoms with Crippen molar-refractivity contribution in [2.24, 2.45) is 0 Å². The zero-order valence-corrected chi connectivity index (χ0v) is 14.8. The number of anilines is 1. The van der Waals surface area contributed by atoms with Crippen LogP contribution in [0.25, 0.3) is 0 Å². The van der Waals surface area contributed by atoms with Gasteiger partial charge in [0.05, 0.1) is 24.0 Å². The van der Waals surface area contributed by atoms with E-state index in [9.17, 15) is 9.90 Å². The van der Waals surface area contributed by atoms with Gasteiger partial charge in [-0.2, -0.15) is 0 Å². The molecule has 6 heteroatoms. The van der Waals surface area contributed by atoms with Crippen LogP contribution in [0.2, 0.25) is 0 Å². The molecule has 0 saturated carbocycles. The highest BCUT2D eigenvalue weighted by atomic mass is 16.3. The molecule has 23 heavy (non-hydrogen) atoms. The van der Waals surface area contributed by atoms with Gasteiger partial charge in [0.1, 0.15) is 0 Å². The maximum absolute atomic E-state index is 12.8. The fraction of sp³-hybridized carbons (Fsp3) is 0.706. The Kier molecular flexibility index (Phi) is 5.06. The number of nitrogens with zero attached hydrogens (tertiary/aromatic N) is 3. The second-order valence-electron chi connectivity index (χ2n) is 7.45. The average Bonchev–Trinajstić information content (AvgIpc) is 2.91. The summed E-state index contributed by atoms with van der Waals surface area (Å²) in [5.74, 6) is 0.391. The predicted octanol–water partition coefficient (Wildman–Crippen LogP) is 1.95. The van der Waals surface area contributed by atoms with Crippen molar-refractivity contribution in [3.8, 4) is 0 Å². The fourth-order valence-electron chi connectivity index (χ4n) is 3.14. The quantitative estimate of drug-likeness (QED) is 0.867. The first kappa shape index (κ1) is 17.8. The number of amides is 1. The zero-order chi connectivity index (χ0) is 17.3. The Balaban J connectivity index is 2.19. The van der Waals surface area contributed by atoms with Crippen LogP contribution in [0, 0.1) is 0 Å². The number of aliphatic hydroxyl groups excluding tert-OH is 1. The lowest BCUT2D eigenvalue weighted by Gasteiger charge is -2.36. The monoisotopic (exact) mass is 320 g/mol. The predicted molar refractivity (Wildman–Crippen MR) is 90.3 cm³/mol. The van der Waals surface area contributed by atoms with E-state index in [0.717, 1.165) is 19.4 Å². The summed E-state index contributed by atoms with van der Waals surface area (Å²) < 4.78 is 0. The number of nitrogens with one attached hydrogen (secondary N) is 1. The molecule has 0 radical (unpaired) electrons. The molecule has 1 saturated heterocycles. The Bertz CT molecular complexity index is 573. The summed E-state index contributed by atoms with van der Waals surface area (Å²) in [5.41, 5.74) is -0.345. The number of rotatable bonds is 5. The SMILES string of the molecule is CC(C)N1CCCC1(C)C(=O)Nc1cncc(C(C)(C)CO)n1. The van der Waals surface area contributed by atoms with Crippen LogP contribution in [0.5, 0.6) is 0 Å². The molecule has 2 heterocycles. The largest absolute Gasteiger partial charge is 0.395 e. The second-order valence-corrected chi connectivity index (χ2v) is 7.45. The molecular weight excluding hydrogens is 292 g/mol. The number of carbonyl (C=O) groups is 1. The lowest BCUT2D eigenvalue weighted by molar-refractivity contribution is -0.126. The molecule has 1 aliphatic heterocycles. The van der Waals surface area contributed by atoms with Gasteiger partial charge < -0.3 is 10.4 Å². The van der Waals surface area contributed by atoms with Crippen molar-refractivity contribution in [1.82, 2.24) is 14.9 Å². The number of likely N-dealkylation sites (tertiary alicyclic amines) is 1. The zero-order valence-electron chi connectivity index (χ0n) is 14.8. The van der Waals surface area contributed by atoms with Gasteiger partial charge in [0, 0.05) is 17.7 Å². The van der Waals surface area contributed by atoms with E-state index >= 15 is 0 Å². The topological polar surface area (TPSA) is 78.4 Å². The smallest absolute Gasteiger partial charge is 0.245 e. The minimum absolute atomic E-state index is 0.0298. The normalized spacial score (nSPS) is 22.6. The van der Waals surface area contributed by atoms with Gasteiger partial charge in [0.15, 0.2) is 5.82 Å². The van der Waals surface area contributed by atoms with Gasteiger partial charge in [-0.15, -0.1) is 0 Å². The molecule has 1 atom stereocenters. The van der Waals surface area contributed by atoms with E-state index in [1.807, 2.05) is 20.8 Å². The van der Waals surface area contributed by atoms with Gasteiger partial charge in [-0.25, -0.2) is 4.98 Å². The molecule has 1 aromatic rings. The maximum atomic E-state index is 12.8. The van der Waals surface area contributed by atoms with E-state index in [4.69, 9.17) is 0 Å². The first-order valence-electron chi connectivity index (χ1n) is 8.22. The van der Waals surface area contributed by atoms with Crippen molar-refractivity contribution < 1.29 is 9.90 Å². The van der Waals surface area contributed by atoms with Gasteiger partial charge in [-0.05, 0) is 40.2 Å². The highest BCUT2D eigenvalue weighted by molar-refractivity contribution is 5.97. The molecule has 1 aromatic heterocycles. The standard InChI is InChI=1S/C17H28N4O2/c1-12(2)21-8-6-7-17(21,5)15(23)20-14-10-18-9-13(19-14)16(3,4)11-22/h9-10,12,22H,6-8,11H2,1-5H3,(H,19,20,23). The molecule has 1 unspecified atom stereocenters. The Hall–Kier alpha value is -1.53. The molecule has 0 bridgehead atoms. The Morgan fingerprint density at radius 1 is 1.48 bits per heavy atom. The number of aromatic nitrogens is 2. The van der Waals surface area contributed by atoms with Crippen LogP contribution in [0.15, 0.2) is 12.4 Å². The number of aliphatic hydroxyl groups is 1. The van der Waals surface area contributed by atoms with E-state index < -0.39 is 11.0 Å². The molecule has 2 rings (SSSR count). The van der Waals surface area contributed by atoms with Crippen molar-refractivity contribution in [1.29, 1.82) is 0 Å². The van der Waals surface area contributed by atoms with E-state index in [0.29, 0.717) is 17.6 Å². The molecule has 2 N–H and O–H groups in total.